The second-order valence-corrected chi connectivity index (χ2v) is 6.17. The van der Waals surface area contributed by atoms with Gasteiger partial charge in [-0.3, -0.25) is 14.6 Å². The molecule has 4 rings (SSSR count). The number of hydrogen-bond acceptors (Lipinski definition) is 5. The van der Waals surface area contributed by atoms with Crippen LogP contribution in [0.25, 0.3) is 11.4 Å². The van der Waals surface area contributed by atoms with Gasteiger partial charge >= 0.3 is 0 Å². The van der Waals surface area contributed by atoms with E-state index >= 15 is 0 Å². The molecule has 0 aromatic carbocycles. The second kappa shape index (κ2) is 6.05. The lowest BCUT2D eigenvalue weighted by molar-refractivity contribution is 0.205. The lowest BCUT2D eigenvalue weighted by Gasteiger charge is -2.27. The highest BCUT2D eigenvalue weighted by Gasteiger charge is 2.20. The summed E-state index contributed by atoms with van der Waals surface area (Å²) < 4.78 is 2.08. The molecule has 3 aromatic rings. The van der Waals surface area contributed by atoms with Crippen LogP contribution in [-0.2, 0) is 19.6 Å². The van der Waals surface area contributed by atoms with Crippen molar-refractivity contribution in [3.8, 4) is 11.4 Å². The monoisotopic (exact) mass is 320 g/mol. The Hall–Kier alpha value is -2.73. The molecule has 0 aliphatic carbocycles. The standard InChI is InChI=1S/C18H20N6/c1-13-5-6-14(18(19)21-13)11-23-8-9-24-15(12-23)10-17(22-24)16-4-2-3-7-20-16/h2-7,10H,8-9,11-12H2,1H3,(H2,19,21). The van der Waals surface area contributed by atoms with E-state index in [1.807, 2.05) is 31.2 Å². The molecule has 4 heterocycles. The largest absolute Gasteiger partial charge is 0.383 e. The van der Waals surface area contributed by atoms with Gasteiger partial charge in [-0.15, -0.1) is 0 Å². The van der Waals surface area contributed by atoms with Gasteiger partial charge in [-0.05, 0) is 31.2 Å². The van der Waals surface area contributed by atoms with Gasteiger partial charge in [0.2, 0.25) is 0 Å². The summed E-state index contributed by atoms with van der Waals surface area (Å²) in [6.07, 6.45) is 1.80. The van der Waals surface area contributed by atoms with Gasteiger partial charge in [0.05, 0.1) is 17.9 Å². The number of nitrogens with zero attached hydrogens (tertiary/aromatic N) is 5. The highest BCUT2D eigenvalue weighted by Crippen LogP contribution is 2.22. The van der Waals surface area contributed by atoms with Crippen LogP contribution in [0.2, 0.25) is 0 Å². The highest BCUT2D eigenvalue weighted by molar-refractivity contribution is 5.54. The maximum absolute atomic E-state index is 6.05. The van der Waals surface area contributed by atoms with Gasteiger partial charge in [0, 0.05) is 37.1 Å². The van der Waals surface area contributed by atoms with Crippen molar-refractivity contribution in [3.63, 3.8) is 0 Å². The Morgan fingerprint density at radius 3 is 2.83 bits per heavy atom. The fraction of sp³-hybridized carbons (Fsp3) is 0.278. The number of nitrogen functional groups attached to an aromatic ring is 1. The molecular weight excluding hydrogens is 300 g/mol. The van der Waals surface area contributed by atoms with Crippen molar-refractivity contribution in [1.82, 2.24) is 24.6 Å². The molecule has 2 N–H and O–H groups in total. The Kier molecular flexibility index (Phi) is 3.74. The van der Waals surface area contributed by atoms with E-state index in [-0.39, 0.29) is 0 Å². The molecule has 0 spiro atoms. The topological polar surface area (TPSA) is 72.9 Å². The number of nitrogens with two attached hydrogens (primary N) is 1. The van der Waals surface area contributed by atoms with Gasteiger partial charge in [0.25, 0.3) is 0 Å². The van der Waals surface area contributed by atoms with Crippen LogP contribution in [-0.4, -0.2) is 31.2 Å². The smallest absolute Gasteiger partial charge is 0.128 e. The molecule has 0 bridgehead atoms. The van der Waals surface area contributed by atoms with Crippen LogP contribution >= 0.6 is 0 Å². The number of hydrogen-bond donors (Lipinski definition) is 1. The average molecular weight is 320 g/mol. The van der Waals surface area contributed by atoms with Gasteiger partial charge in [0.1, 0.15) is 11.5 Å². The molecule has 0 unspecified atom stereocenters. The van der Waals surface area contributed by atoms with Crippen LogP contribution in [0.1, 0.15) is 17.0 Å². The number of rotatable bonds is 3. The van der Waals surface area contributed by atoms with Crippen LogP contribution < -0.4 is 5.73 Å². The van der Waals surface area contributed by atoms with Gasteiger partial charge in [-0.25, -0.2) is 4.98 Å². The van der Waals surface area contributed by atoms with E-state index in [2.05, 4.69) is 36.8 Å². The zero-order chi connectivity index (χ0) is 16.5. The van der Waals surface area contributed by atoms with Crippen molar-refractivity contribution < 1.29 is 0 Å². The van der Waals surface area contributed by atoms with E-state index in [1.54, 1.807) is 6.20 Å². The van der Waals surface area contributed by atoms with Crippen LogP contribution in [0.15, 0.2) is 42.6 Å². The number of anilines is 1. The van der Waals surface area contributed by atoms with Crippen LogP contribution in [0, 0.1) is 6.92 Å². The molecule has 1 aliphatic rings. The number of fused-ring (bicyclic) bond motifs is 1. The fourth-order valence-corrected chi connectivity index (χ4v) is 3.08. The van der Waals surface area contributed by atoms with Crippen LogP contribution in [0.4, 0.5) is 5.82 Å². The normalized spacial score (nSPS) is 14.5. The third kappa shape index (κ3) is 2.88. The summed E-state index contributed by atoms with van der Waals surface area (Å²) in [7, 11) is 0. The third-order valence-corrected chi connectivity index (χ3v) is 4.35. The maximum atomic E-state index is 6.05. The van der Waals surface area contributed by atoms with Crippen LogP contribution in [0.5, 0.6) is 0 Å². The van der Waals surface area contributed by atoms with Crippen molar-refractivity contribution in [3.05, 3.63) is 59.5 Å². The molecule has 6 nitrogen and oxygen atoms in total. The summed E-state index contributed by atoms with van der Waals surface area (Å²) >= 11 is 0. The van der Waals surface area contributed by atoms with E-state index in [0.717, 1.165) is 48.8 Å². The van der Waals surface area contributed by atoms with Crippen molar-refractivity contribution in [2.45, 2.75) is 26.6 Å². The number of aryl methyl sites for hydroxylation is 1. The van der Waals surface area contributed by atoms with Gasteiger partial charge in [-0.2, -0.15) is 5.10 Å². The molecule has 6 heteroatoms. The molecule has 0 saturated heterocycles. The zero-order valence-electron chi connectivity index (χ0n) is 13.7. The van der Waals surface area contributed by atoms with E-state index < -0.39 is 0 Å². The predicted octanol–water partition coefficient (Wildman–Crippen LogP) is 2.25. The van der Waals surface area contributed by atoms with E-state index in [9.17, 15) is 0 Å². The van der Waals surface area contributed by atoms with Gasteiger partial charge < -0.3 is 5.73 Å². The summed E-state index contributed by atoms with van der Waals surface area (Å²) in [5.74, 6) is 0.628. The second-order valence-electron chi connectivity index (χ2n) is 6.17. The molecule has 24 heavy (non-hydrogen) atoms. The van der Waals surface area contributed by atoms with E-state index in [4.69, 9.17) is 5.73 Å². The minimum Gasteiger partial charge on any atom is -0.383 e. The fourth-order valence-electron chi connectivity index (χ4n) is 3.08. The molecular formula is C18H20N6. The molecule has 0 radical (unpaired) electrons. The van der Waals surface area contributed by atoms with Crippen molar-refractivity contribution in [2.24, 2.45) is 0 Å². The van der Waals surface area contributed by atoms with E-state index in [0.29, 0.717) is 5.82 Å². The molecule has 0 atom stereocenters. The van der Waals surface area contributed by atoms with E-state index in [1.165, 1.54) is 5.69 Å². The Bertz CT molecular complexity index is 855. The van der Waals surface area contributed by atoms with Crippen molar-refractivity contribution >= 4 is 5.82 Å². The molecule has 0 amide bonds. The Labute approximate surface area is 141 Å². The minimum atomic E-state index is 0.628. The summed E-state index contributed by atoms with van der Waals surface area (Å²) in [5, 5.41) is 4.68. The Morgan fingerprint density at radius 2 is 2.04 bits per heavy atom. The Balaban J connectivity index is 1.52. The predicted molar refractivity (Wildman–Crippen MR) is 93.0 cm³/mol. The summed E-state index contributed by atoms with van der Waals surface area (Å²) in [5.41, 5.74) is 11.1. The number of aromatic nitrogens is 4. The average Bonchev–Trinajstić information content (AvgIpc) is 3.01. The first-order chi connectivity index (χ1) is 11.7. The maximum Gasteiger partial charge on any atom is 0.128 e. The SMILES string of the molecule is Cc1ccc(CN2CCn3nc(-c4ccccn4)cc3C2)c(N)n1. The molecule has 0 fully saturated rings. The van der Waals surface area contributed by atoms with Crippen LogP contribution in [0.3, 0.4) is 0 Å². The zero-order valence-corrected chi connectivity index (χ0v) is 13.7. The summed E-state index contributed by atoms with van der Waals surface area (Å²) in [6.45, 7) is 5.44. The summed E-state index contributed by atoms with van der Waals surface area (Å²) in [6, 6.07) is 12.1. The minimum absolute atomic E-state index is 0.628. The molecule has 3 aromatic heterocycles. The first-order valence-electron chi connectivity index (χ1n) is 8.11. The first kappa shape index (κ1) is 14.8. The van der Waals surface area contributed by atoms with Crippen molar-refractivity contribution in [2.75, 3.05) is 12.3 Å². The van der Waals surface area contributed by atoms with Gasteiger partial charge in [-0.1, -0.05) is 12.1 Å². The molecule has 1 aliphatic heterocycles. The van der Waals surface area contributed by atoms with Crippen molar-refractivity contribution in [1.29, 1.82) is 0 Å². The lowest BCUT2D eigenvalue weighted by Crippen LogP contribution is -2.33. The third-order valence-electron chi connectivity index (χ3n) is 4.35. The molecule has 122 valence electrons. The first-order valence-corrected chi connectivity index (χ1v) is 8.11. The van der Waals surface area contributed by atoms with Gasteiger partial charge in [0.15, 0.2) is 0 Å². The number of pyridine rings is 2. The highest BCUT2D eigenvalue weighted by atomic mass is 15.3. The summed E-state index contributed by atoms with van der Waals surface area (Å²) in [4.78, 5) is 11.1. The Morgan fingerprint density at radius 1 is 1.12 bits per heavy atom. The lowest BCUT2D eigenvalue weighted by atomic mass is 10.2. The quantitative estimate of drug-likeness (QED) is 0.801. The molecule has 0 saturated carbocycles.